The minimum Gasteiger partial charge on any atom is -0.454 e. The molecule has 0 aliphatic carbocycles. The number of morpholine rings is 1. The van der Waals surface area contributed by atoms with Crippen molar-refractivity contribution in [3.8, 4) is 11.5 Å². The Labute approximate surface area is 123 Å². The molecule has 0 aromatic heterocycles. The van der Waals surface area contributed by atoms with Crippen molar-refractivity contribution in [3.63, 3.8) is 0 Å². The lowest BCUT2D eigenvalue weighted by atomic mass is 10.1. The molecule has 6 heteroatoms. The molecule has 1 unspecified atom stereocenters. The van der Waals surface area contributed by atoms with Gasteiger partial charge in [0.1, 0.15) is 0 Å². The Hall–Kier alpha value is -1.79. The van der Waals surface area contributed by atoms with E-state index in [1.54, 1.807) is 4.90 Å². The van der Waals surface area contributed by atoms with E-state index >= 15 is 0 Å². The normalized spacial score (nSPS) is 20.6. The van der Waals surface area contributed by atoms with Crippen LogP contribution >= 0.6 is 0 Å². The number of nitrogens with zero attached hydrogens (tertiary/aromatic N) is 1. The van der Waals surface area contributed by atoms with Crippen molar-refractivity contribution in [2.45, 2.75) is 18.9 Å². The third kappa shape index (κ3) is 3.28. The molecule has 1 amide bonds. The van der Waals surface area contributed by atoms with Gasteiger partial charge in [0.2, 0.25) is 12.7 Å². The SMILES string of the molecule is O=C(Cc1ccc2c(c1)OCO2)N1CCOC(CCO)C1. The summed E-state index contributed by atoms with van der Waals surface area (Å²) in [7, 11) is 0. The maximum atomic E-state index is 12.4. The number of hydrogen-bond donors (Lipinski definition) is 1. The monoisotopic (exact) mass is 293 g/mol. The maximum Gasteiger partial charge on any atom is 0.231 e. The highest BCUT2D eigenvalue weighted by atomic mass is 16.7. The molecule has 3 rings (SSSR count). The Morgan fingerprint density at radius 1 is 1.33 bits per heavy atom. The number of benzene rings is 1. The van der Waals surface area contributed by atoms with Gasteiger partial charge in [0.15, 0.2) is 11.5 Å². The van der Waals surface area contributed by atoms with Crippen LogP contribution in [0.5, 0.6) is 11.5 Å². The highest BCUT2D eigenvalue weighted by Crippen LogP contribution is 2.32. The van der Waals surface area contributed by atoms with Crippen LogP contribution in [-0.2, 0) is 16.0 Å². The number of hydrogen-bond acceptors (Lipinski definition) is 5. The van der Waals surface area contributed by atoms with E-state index in [0.717, 1.165) is 11.3 Å². The lowest BCUT2D eigenvalue weighted by molar-refractivity contribution is -0.138. The number of carbonyl (C=O) groups excluding carboxylic acids is 1. The molecule has 0 radical (unpaired) electrons. The van der Waals surface area contributed by atoms with Crippen LogP contribution in [0, 0.1) is 0 Å². The largest absolute Gasteiger partial charge is 0.454 e. The van der Waals surface area contributed by atoms with E-state index in [1.165, 1.54) is 0 Å². The number of amides is 1. The summed E-state index contributed by atoms with van der Waals surface area (Å²) in [6, 6.07) is 5.57. The average molecular weight is 293 g/mol. The van der Waals surface area contributed by atoms with Gasteiger partial charge in [-0.25, -0.2) is 0 Å². The van der Waals surface area contributed by atoms with Crippen molar-refractivity contribution in [2.24, 2.45) is 0 Å². The van der Waals surface area contributed by atoms with E-state index in [0.29, 0.717) is 38.3 Å². The van der Waals surface area contributed by atoms with E-state index in [2.05, 4.69) is 0 Å². The maximum absolute atomic E-state index is 12.4. The summed E-state index contributed by atoms with van der Waals surface area (Å²) >= 11 is 0. The van der Waals surface area contributed by atoms with Gasteiger partial charge in [-0.05, 0) is 24.1 Å². The Morgan fingerprint density at radius 2 is 2.19 bits per heavy atom. The molecule has 1 N–H and O–H groups in total. The molecule has 6 nitrogen and oxygen atoms in total. The molecule has 1 atom stereocenters. The minimum atomic E-state index is -0.0653. The van der Waals surface area contributed by atoms with Crippen LogP contribution in [0.3, 0.4) is 0 Å². The van der Waals surface area contributed by atoms with Crippen LogP contribution in [0.15, 0.2) is 18.2 Å². The van der Waals surface area contributed by atoms with Crippen LogP contribution in [-0.4, -0.2) is 55.1 Å². The van der Waals surface area contributed by atoms with Crippen molar-refractivity contribution < 1.29 is 24.1 Å². The predicted molar refractivity (Wildman–Crippen MR) is 74.3 cm³/mol. The summed E-state index contributed by atoms with van der Waals surface area (Å²) in [5, 5.41) is 8.96. The Balaban J connectivity index is 1.60. The first kappa shape index (κ1) is 14.2. The summed E-state index contributed by atoms with van der Waals surface area (Å²) < 4.78 is 16.1. The van der Waals surface area contributed by atoms with Crippen LogP contribution in [0.4, 0.5) is 0 Å². The second-order valence-corrected chi connectivity index (χ2v) is 5.21. The van der Waals surface area contributed by atoms with E-state index in [9.17, 15) is 4.79 Å². The fourth-order valence-electron chi connectivity index (χ4n) is 2.60. The zero-order valence-corrected chi connectivity index (χ0v) is 11.8. The van der Waals surface area contributed by atoms with Crippen LogP contribution in [0.2, 0.25) is 0 Å². The summed E-state index contributed by atoms with van der Waals surface area (Å²) in [5.41, 5.74) is 0.912. The van der Waals surface area contributed by atoms with E-state index < -0.39 is 0 Å². The quantitative estimate of drug-likeness (QED) is 0.879. The summed E-state index contributed by atoms with van der Waals surface area (Å²) in [5.74, 6) is 1.49. The number of rotatable bonds is 4. The molecule has 2 heterocycles. The van der Waals surface area contributed by atoms with Gasteiger partial charge in [0.05, 0.1) is 19.1 Å². The third-order valence-corrected chi connectivity index (χ3v) is 3.73. The van der Waals surface area contributed by atoms with Gasteiger partial charge in [0, 0.05) is 19.7 Å². The molecule has 2 aliphatic heterocycles. The van der Waals surface area contributed by atoms with Crippen LogP contribution < -0.4 is 9.47 Å². The van der Waals surface area contributed by atoms with E-state index in [4.69, 9.17) is 19.3 Å². The standard InChI is InChI=1S/C15H19NO5/c17-5-3-12-9-16(4-6-19-12)15(18)8-11-1-2-13-14(7-11)21-10-20-13/h1-2,7,12,17H,3-6,8-10H2. The van der Waals surface area contributed by atoms with Gasteiger partial charge < -0.3 is 24.2 Å². The van der Waals surface area contributed by atoms with E-state index in [-0.39, 0.29) is 25.4 Å². The molecule has 114 valence electrons. The van der Waals surface area contributed by atoms with Gasteiger partial charge in [-0.15, -0.1) is 0 Å². The van der Waals surface area contributed by atoms with Crippen molar-refractivity contribution in [2.75, 3.05) is 33.1 Å². The summed E-state index contributed by atoms with van der Waals surface area (Å²) in [6.45, 7) is 1.99. The lowest BCUT2D eigenvalue weighted by Crippen LogP contribution is -2.46. The Morgan fingerprint density at radius 3 is 3.05 bits per heavy atom. The van der Waals surface area contributed by atoms with Gasteiger partial charge in [-0.2, -0.15) is 0 Å². The molecule has 0 spiro atoms. The highest BCUT2D eigenvalue weighted by molar-refractivity contribution is 5.79. The van der Waals surface area contributed by atoms with Crippen molar-refractivity contribution in [3.05, 3.63) is 23.8 Å². The number of aliphatic hydroxyl groups is 1. The molecule has 0 bridgehead atoms. The molecule has 1 fully saturated rings. The Bertz CT molecular complexity index is 517. The average Bonchev–Trinajstić information content (AvgIpc) is 2.95. The van der Waals surface area contributed by atoms with Gasteiger partial charge >= 0.3 is 0 Å². The van der Waals surface area contributed by atoms with Crippen LogP contribution in [0.1, 0.15) is 12.0 Å². The van der Waals surface area contributed by atoms with Crippen molar-refractivity contribution in [1.82, 2.24) is 4.90 Å². The van der Waals surface area contributed by atoms with Crippen LogP contribution in [0.25, 0.3) is 0 Å². The zero-order chi connectivity index (χ0) is 14.7. The minimum absolute atomic E-state index is 0.0653. The molecule has 1 aromatic rings. The molecule has 21 heavy (non-hydrogen) atoms. The first-order valence-electron chi connectivity index (χ1n) is 7.15. The smallest absolute Gasteiger partial charge is 0.231 e. The fraction of sp³-hybridized carbons (Fsp3) is 0.533. The number of aliphatic hydroxyl groups excluding tert-OH is 1. The molecule has 1 aromatic carbocycles. The summed E-state index contributed by atoms with van der Waals surface area (Å²) in [6.07, 6.45) is 0.834. The molecular formula is C15H19NO5. The van der Waals surface area contributed by atoms with Crippen molar-refractivity contribution >= 4 is 5.91 Å². The molecular weight excluding hydrogens is 274 g/mol. The highest BCUT2D eigenvalue weighted by Gasteiger charge is 2.24. The number of fused-ring (bicyclic) bond motifs is 1. The Kier molecular flexibility index (Phi) is 4.26. The van der Waals surface area contributed by atoms with Gasteiger partial charge in [0.25, 0.3) is 0 Å². The van der Waals surface area contributed by atoms with Gasteiger partial charge in [-0.3, -0.25) is 4.79 Å². The first-order chi connectivity index (χ1) is 10.3. The third-order valence-electron chi connectivity index (χ3n) is 3.73. The van der Waals surface area contributed by atoms with E-state index in [1.807, 2.05) is 18.2 Å². The summed E-state index contributed by atoms with van der Waals surface area (Å²) in [4.78, 5) is 14.2. The fourth-order valence-corrected chi connectivity index (χ4v) is 2.60. The predicted octanol–water partition coefficient (Wildman–Crippen LogP) is 0.568. The molecule has 2 aliphatic rings. The number of ether oxygens (including phenoxy) is 3. The molecule has 0 saturated carbocycles. The topological polar surface area (TPSA) is 68.2 Å². The zero-order valence-electron chi connectivity index (χ0n) is 11.8. The number of carbonyl (C=O) groups is 1. The van der Waals surface area contributed by atoms with Crippen molar-refractivity contribution in [1.29, 1.82) is 0 Å². The second kappa shape index (κ2) is 6.32. The first-order valence-corrected chi connectivity index (χ1v) is 7.15. The molecule has 1 saturated heterocycles. The van der Waals surface area contributed by atoms with Gasteiger partial charge in [-0.1, -0.05) is 6.07 Å². The lowest BCUT2D eigenvalue weighted by Gasteiger charge is -2.32. The second-order valence-electron chi connectivity index (χ2n) is 5.21.